The summed E-state index contributed by atoms with van der Waals surface area (Å²) in [6.07, 6.45) is -2.58. The van der Waals surface area contributed by atoms with Gasteiger partial charge in [-0.15, -0.1) is 30.6 Å². The molecule has 2 N–H and O–H groups in total. The normalized spacial score (nSPS) is 11.5. The Morgan fingerprint density at radius 3 is 1.53 bits per heavy atom. The fraction of sp³-hybridized carbons (Fsp3) is 0.170. The summed E-state index contributed by atoms with van der Waals surface area (Å²) < 4.78 is 150. The molecule has 0 aliphatic rings. The average molecular weight is 2170 g/mol. The number of rotatable bonds is 33. The zero-order chi connectivity index (χ0) is 107. The molecule has 44 heteroatoms. The van der Waals surface area contributed by atoms with E-state index >= 15 is 0 Å². The number of nitrogens with one attached hydrogen (secondary N) is 2. The summed E-state index contributed by atoms with van der Waals surface area (Å²) in [5, 5.41) is 61.4. The molecule has 0 radical (unpaired) electrons. The van der Waals surface area contributed by atoms with Gasteiger partial charge in [-0.25, -0.2) is 30.7 Å². The number of carbonyl (C=O) groups excluding carboxylic acids is 4. The molecular weight excluding hydrogens is 2080 g/mol. The number of Topliss-reactive ketones (excluding diaryl/α,β-unsaturated/α-hetero) is 2. The third kappa shape index (κ3) is 29.5. The molecule has 0 saturated carbocycles. The molecule has 13 aromatic carbocycles. The maximum absolute atomic E-state index is 13.8. The Labute approximate surface area is 885 Å². The SMILES string of the molecule is CC(F)(F)c1ccc(Cl)c(NC(=O)C(Sc2nnnn2-c2ccccc2)c2ccccc2)c1.CCOc1ccc(C(C)=O)cc1CSc1nnnn1-c1cc(C)ccc1C.Cc1ccc(C)c(-n2nnnc2SCc2c(F)c(F)c(F)c(F)c2F)c1.Cc1ccccc1-n1nnnc1SCC(=O)Cc1cccc(SN(C)c2ccccc2)c1.O=C(Nc1cccc(C(F)(F)F)c1)C(Sc1nncn1-c1ccccc1)c1ccccc1. The lowest BCUT2D eigenvalue weighted by Crippen LogP contribution is -2.20. The van der Waals surface area contributed by atoms with Crippen LogP contribution >= 0.6 is 82.4 Å². The van der Waals surface area contributed by atoms with E-state index < -0.39 is 80.4 Å². The molecule has 0 aliphatic heterocycles. The van der Waals surface area contributed by atoms with Crippen molar-refractivity contribution in [2.75, 3.05) is 34.3 Å². The van der Waals surface area contributed by atoms with E-state index in [1.54, 1.807) is 81.6 Å². The summed E-state index contributed by atoms with van der Waals surface area (Å²) in [4.78, 5) is 52.0. The highest BCUT2D eigenvalue weighted by Gasteiger charge is 2.34. The van der Waals surface area contributed by atoms with Crippen LogP contribution in [0.25, 0.3) is 28.4 Å². The van der Waals surface area contributed by atoms with Gasteiger partial charge in [0.05, 0.1) is 51.4 Å². The maximum atomic E-state index is 13.8. The number of thioether (sulfide) groups is 5. The lowest BCUT2D eigenvalue weighted by molar-refractivity contribution is -0.137. The average Bonchev–Trinajstić information content (AvgIpc) is 1.29. The minimum atomic E-state index is -4.50. The number of nitrogens with zero attached hydrogens (tertiary/aromatic N) is 20. The van der Waals surface area contributed by atoms with Crippen molar-refractivity contribution in [1.82, 2.24) is 95.6 Å². The summed E-state index contributed by atoms with van der Waals surface area (Å²) in [7, 11) is 2.03. The Morgan fingerprint density at radius 2 is 0.960 bits per heavy atom. The quantitative estimate of drug-likeness (QED) is 0.00964. The van der Waals surface area contributed by atoms with Gasteiger partial charge in [-0.1, -0.05) is 252 Å². The van der Waals surface area contributed by atoms with Gasteiger partial charge in [-0.3, -0.25) is 23.7 Å². The Bertz CT molecular complexity index is 7650. The molecule has 5 heterocycles. The minimum absolute atomic E-state index is 0.0320. The van der Waals surface area contributed by atoms with Gasteiger partial charge in [-0.2, -0.15) is 31.9 Å². The highest BCUT2D eigenvalue weighted by atomic mass is 35.5. The van der Waals surface area contributed by atoms with Crippen LogP contribution in [0.1, 0.15) is 108 Å². The number of ketones is 2. The van der Waals surface area contributed by atoms with Gasteiger partial charge >= 0.3 is 6.18 Å². The Hall–Kier alpha value is -15.2. The van der Waals surface area contributed by atoms with Gasteiger partial charge < -0.3 is 19.7 Å². The van der Waals surface area contributed by atoms with Crippen LogP contribution in [0.4, 0.5) is 61.0 Å². The van der Waals surface area contributed by atoms with Crippen molar-refractivity contribution in [2.45, 2.75) is 127 Å². The molecule has 768 valence electrons. The van der Waals surface area contributed by atoms with Crippen LogP contribution in [-0.4, -0.2) is 138 Å². The number of para-hydroxylation sites is 4. The first-order valence-corrected chi connectivity index (χ1v) is 51.5. The first kappa shape index (κ1) is 111. The summed E-state index contributed by atoms with van der Waals surface area (Å²) in [6.45, 7) is 14.6. The fourth-order valence-electron chi connectivity index (χ4n) is 14.3. The van der Waals surface area contributed by atoms with E-state index in [1.165, 1.54) is 63.2 Å². The first-order valence-electron chi connectivity index (χ1n) is 45.6. The predicted molar refractivity (Wildman–Crippen MR) is 561 cm³/mol. The van der Waals surface area contributed by atoms with Crippen LogP contribution in [0, 0.1) is 63.7 Å². The van der Waals surface area contributed by atoms with Crippen LogP contribution in [0.15, 0.2) is 334 Å². The van der Waals surface area contributed by atoms with E-state index in [0.29, 0.717) is 67.5 Å². The smallest absolute Gasteiger partial charge is 0.416 e. The summed E-state index contributed by atoms with van der Waals surface area (Å²) >= 11 is 13.8. The molecule has 0 spiro atoms. The van der Waals surface area contributed by atoms with Gasteiger partial charge in [0.1, 0.15) is 28.4 Å². The molecule has 2 unspecified atom stereocenters. The lowest BCUT2D eigenvalue weighted by Gasteiger charge is -2.18. The van der Waals surface area contributed by atoms with E-state index in [4.69, 9.17) is 16.3 Å². The molecule has 2 atom stereocenters. The summed E-state index contributed by atoms with van der Waals surface area (Å²) in [5.74, 6) is -12.5. The van der Waals surface area contributed by atoms with E-state index in [2.05, 4.69) is 130 Å². The van der Waals surface area contributed by atoms with Gasteiger partial charge in [0.2, 0.25) is 38.3 Å². The molecular formula is C106H91ClF10N22O5S6. The Balaban J connectivity index is 0.000000148. The zero-order valence-corrected chi connectivity index (χ0v) is 86.8. The maximum Gasteiger partial charge on any atom is 0.416 e. The van der Waals surface area contributed by atoms with E-state index in [1.807, 2.05) is 218 Å². The van der Waals surface area contributed by atoms with Gasteiger partial charge in [-0.05, 0) is 262 Å². The second kappa shape index (κ2) is 52.1. The van der Waals surface area contributed by atoms with Crippen molar-refractivity contribution in [3.05, 3.63) is 410 Å². The van der Waals surface area contributed by atoms with Crippen molar-refractivity contribution < 1.29 is 67.8 Å². The molecule has 0 saturated heterocycles. The summed E-state index contributed by atoms with van der Waals surface area (Å²) in [6, 6.07) is 88.5. The molecule has 18 rings (SSSR count). The number of anilines is 3. The number of aromatic nitrogens is 19. The van der Waals surface area contributed by atoms with Crippen molar-refractivity contribution >= 4 is 123 Å². The molecule has 18 aromatic rings. The molecule has 2 amide bonds. The van der Waals surface area contributed by atoms with Crippen molar-refractivity contribution in [3.63, 3.8) is 0 Å². The van der Waals surface area contributed by atoms with Crippen molar-refractivity contribution in [2.24, 2.45) is 0 Å². The van der Waals surface area contributed by atoms with Crippen LogP contribution in [0.2, 0.25) is 5.02 Å². The molecule has 5 aromatic heterocycles. The van der Waals surface area contributed by atoms with Crippen LogP contribution in [0.5, 0.6) is 5.75 Å². The predicted octanol–water partition coefficient (Wildman–Crippen LogP) is 25.1. The number of halogens is 11. The second-order valence-electron chi connectivity index (χ2n) is 33.0. The van der Waals surface area contributed by atoms with Crippen LogP contribution < -0.4 is 19.7 Å². The monoisotopic (exact) mass is 2170 g/mol. The number of alkyl halides is 5. The van der Waals surface area contributed by atoms with Gasteiger partial charge in [0.15, 0.2) is 34.2 Å². The van der Waals surface area contributed by atoms with Crippen molar-refractivity contribution in [1.29, 1.82) is 0 Å². The number of tetrazole rings is 4. The number of carbonyl (C=O) groups is 4. The molecule has 27 nitrogen and oxygen atoms in total. The fourth-order valence-corrected chi connectivity index (χ4v) is 19.9. The van der Waals surface area contributed by atoms with E-state index in [9.17, 15) is 63.1 Å². The largest absolute Gasteiger partial charge is 0.494 e. The number of aryl methyl sites for hydroxylation is 5. The number of hydrogen-bond donors (Lipinski definition) is 2. The number of benzene rings is 13. The van der Waals surface area contributed by atoms with Crippen molar-refractivity contribution in [3.8, 4) is 34.2 Å². The molecule has 0 aliphatic carbocycles. The third-order valence-corrected chi connectivity index (χ3v) is 28.5. The topological polar surface area (TPSA) is 310 Å². The van der Waals surface area contributed by atoms with Gasteiger partial charge in [0, 0.05) is 76.1 Å². The molecule has 0 bridgehead atoms. The summed E-state index contributed by atoms with van der Waals surface area (Å²) in [5.41, 5.74) is 12.5. The number of ether oxygens (including phenoxy) is 1. The standard InChI is InChI=1S/C24H23N5OS2.C23H18ClF2N5OS.C23H17F3N4OS.C20H22N4O2S.C16H11F5N4S/c1-18-9-6-7-14-23(18)29-24(25-26-27-29)31-17-21(30)15-19-10-8-13-22(16-19)32-28(2)20-11-4-3-5-12-20;1-23(25,26)16-12-13-18(24)19(14-16)27-21(32)20(15-8-4-2-5-9-15)33-22-28-29-30-31(22)17-10-6-3-7-11-17;24-23(25,26)17-10-7-11-18(14-17)28-21(31)20(16-8-3-1-4-9-16)32-22-29-27-15-30(22)19-12-5-2-6-13-19;1-5-26-19-9-8-16(15(4)25)11-17(19)12-27-20-21-22-23-24(20)18-10-13(2)6-7-14(18)3;1-7-3-4-8(2)10(5-7)25-16(22-23-24-25)26-6-9-11(17)13(19)15(21)14(20)12(9)18/h3-14,16H,15,17H2,1-2H3;2-14,20H,1H3,(H,27,32);1-15,20H,(H,28,31);6-11H,5,12H2,1-4H3;3-5H,6H2,1-2H3. The highest BCUT2D eigenvalue weighted by molar-refractivity contribution is 8.01. The van der Waals surface area contributed by atoms with E-state index in [0.717, 1.165) is 132 Å². The van der Waals surface area contributed by atoms with Crippen LogP contribution in [0.3, 0.4) is 0 Å². The molecule has 150 heavy (non-hydrogen) atoms. The van der Waals surface area contributed by atoms with Gasteiger partial charge in [0.25, 0.3) is 5.92 Å². The third-order valence-electron chi connectivity index (χ3n) is 22.0. The minimum Gasteiger partial charge on any atom is -0.494 e. The highest BCUT2D eigenvalue weighted by Crippen LogP contribution is 2.42. The molecule has 0 fully saturated rings. The first-order chi connectivity index (χ1) is 72.1. The zero-order valence-electron chi connectivity index (χ0n) is 81.2. The Kier molecular flexibility index (Phi) is 38.4. The number of amides is 2. The number of hydrogen-bond acceptors (Lipinski definition) is 26. The van der Waals surface area contributed by atoms with E-state index in [-0.39, 0.29) is 38.7 Å². The lowest BCUT2D eigenvalue weighted by atomic mass is 10.1. The Morgan fingerprint density at radius 1 is 0.460 bits per heavy atom. The second-order valence-corrected chi connectivity index (χ2v) is 39.6. The van der Waals surface area contributed by atoms with Crippen LogP contribution in [-0.2, 0) is 44.4 Å².